The molecule has 0 aliphatic heterocycles. The lowest BCUT2D eigenvalue weighted by Gasteiger charge is -2.16. The third-order valence-electron chi connectivity index (χ3n) is 3.02. The van der Waals surface area contributed by atoms with Crippen molar-refractivity contribution in [2.75, 3.05) is 18.1 Å². The van der Waals surface area contributed by atoms with Gasteiger partial charge in [0.2, 0.25) is 0 Å². The standard InChI is InChI=1S/C14H23NO2S/c1-12(2)8-9-18(16,17)11-14(10-15)13-6-4-3-5-7-13/h3-7,12,14H,8-11,15H2,1-2H3. The third-order valence-corrected chi connectivity index (χ3v) is 4.78. The first-order valence-corrected chi connectivity index (χ1v) is 8.22. The molecule has 0 saturated carbocycles. The van der Waals surface area contributed by atoms with Gasteiger partial charge in [0.15, 0.2) is 9.84 Å². The molecular weight excluding hydrogens is 246 g/mol. The van der Waals surface area contributed by atoms with Crippen molar-refractivity contribution >= 4 is 9.84 Å². The van der Waals surface area contributed by atoms with Crippen molar-refractivity contribution < 1.29 is 8.42 Å². The topological polar surface area (TPSA) is 60.2 Å². The average Bonchev–Trinajstić information content (AvgIpc) is 2.35. The second-order valence-electron chi connectivity index (χ2n) is 5.14. The summed E-state index contributed by atoms with van der Waals surface area (Å²) in [6, 6.07) is 9.63. The van der Waals surface area contributed by atoms with Gasteiger partial charge >= 0.3 is 0 Å². The molecule has 1 atom stereocenters. The van der Waals surface area contributed by atoms with Gasteiger partial charge in [0.25, 0.3) is 0 Å². The van der Waals surface area contributed by atoms with Crippen LogP contribution in [0.2, 0.25) is 0 Å². The van der Waals surface area contributed by atoms with E-state index in [1.165, 1.54) is 0 Å². The SMILES string of the molecule is CC(C)CCS(=O)(=O)CC(CN)c1ccccc1. The summed E-state index contributed by atoms with van der Waals surface area (Å²) < 4.78 is 24.0. The second kappa shape index (κ2) is 6.90. The molecule has 3 nitrogen and oxygen atoms in total. The number of hydrogen-bond acceptors (Lipinski definition) is 3. The van der Waals surface area contributed by atoms with Crippen molar-refractivity contribution in [2.45, 2.75) is 26.2 Å². The van der Waals surface area contributed by atoms with Crippen LogP contribution in [0.25, 0.3) is 0 Å². The van der Waals surface area contributed by atoms with Gasteiger partial charge in [-0.25, -0.2) is 8.42 Å². The molecule has 4 heteroatoms. The molecule has 0 aromatic heterocycles. The maximum Gasteiger partial charge on any atom is 0.150 e. The molecule has 1 unspecified atom stereocenters. The van der Waals surface area contributed by atoms with Crippen molar-refractivity contribution in [2.24, 2.45) is 11.7 Å². The van der Waals surface area contributed by atoms with E-state index in [9.17, 15) is 8.42 Å². The fourth-order valence-electron chi connectivity index (χ4n) is 1.83. The van der Waals surface area contributed by atoms with Crippen LogP contribution in [0, 0.1) is 5.92 Å². The summed E-state index contributed by atoms with van der Waals surface area (Å²) in [4.78, 5) is 0. The lowest BCUT2D eigenvalue weighted by molar-refractivity contribution is 0.567. The van der Waals surface area contributed by atoms with Gasteiger partial charge in [-0.3, -0.25) is 0 Å². The smallest absolute Gasteiger partial charge is 0.150 e. The van der Waals surface area contributed by atoms with Crippen LogP contribution < -0.4 is 5.73 Å². The molecule has 0 bridgehead atoms. The van der Waals surface area contributed by atoms with Crippen LogP contribution in [-0.2, 0) is 9.84 Å². The van der Waals surface area contributed by atoms with Gasteiger partial charge in [0.1, 0.15) is 0 Å². The van der Waals surface area contributed by atoms with Crippen molar-refractivity contribution in [1.82, 2.24) is 0 Å². The van der Waals surface area contributed by atoms with E-state index >= 15 is 0 Å². The zero-order chi connectivity index (χ0) is 13.6. The Morgan fingerprint density at radius 2 is 1.78 bits per heavy atom. The molecular formula is C14H23NO2S. The Morgan fingerprint density at radius 1 is 1.17 bits per heavy atom. The number of benzene rings is 1. The summed E-state index contributed by atoms with van der Waals surface area (Å²) in [7, 11) is -3.02. The highest BCUT2D eigenvalue weighted by atomic mass is 32.2. The predicted molar refractivity (Wildman–Crippen MR) is 76.3 cm³/mol. The maximum absolute atomic E-state index is 12.0. The van der Waals surface area contributed by atoms with Crippen LogP contribution in [-0.4, -0.2) is 26.5 Å². The van der Waals surface area contributed by atoms with E-state index < -0.39 is 9.84 Å². The quantitative estimate of drug-likeness (QED) is 0.825. The Balaban J connectivity index is 2.69. The first-order chi connectivity index (χ1) is 8.44. The molecule has 0 saturated heterocycles. The largest absolute Gasteiger partial charge is 0.330 e. The van der Waals surface area contributed by atoms with Crippen LogP contribution in [0.3, 0.4) is 0 Å². The Hall–Kier alpha value is -0.870. The molecule has 0 amide bonds. The van der Waals surface area contributed by atoms with Gasteiger partial charge in [-0.05, 0) is 17.9 Å². The minimum absolute atomic E-state index is 0.0941. The number of hydrogen-bond donors (Lipinski definition) is 1. The number of nitrogens with two attached hydrogens (primary N) is 1. The van der Waals surface area contributed by atoms with Gasteiger partial charge in [-0.15, -0.1) is 0 Å². The normalized spacial score (nSPS) is 13.8. The van der Waals surface area contributed by atoms with E-state index in [-0.39, 0.29) is 17.4 Å². The fraction of sp³-hybridized carbons (Fsp3) is 0.571. The van der Waals surface area contributed by atoms with Gasteiger partial charge < -0.3 is 5.73 Å². The molecule has 0 fully saturated rings. The highest BCUT2D eigenvalue weighted by Crippen LogP contribution is 2.17. The van der Waals surface area contributed by atoms with Crippen LogP contribution in [0.15, 0.2) is 30.3 Å². The maximum atomic E-state index is 12.0. The molecule has 1 rings (SSSR count). The van der Waals surface area contributed by atoms with Gasteiger partial charge in [0, 0.05) is 12.5 Å². The van der Waals surface area contributed by atoms with E-state index in [0.717, 1.165) is 5.56 Å². The van der Waals surface area contributed by atoms with E-state index in [1.54, 1.807) is 0 Å². The molecule has 102 valence electrons. The van der Waals surface area contributed by atoms with E-state index in [4.69, 9.17) is 5.73 Å². The number of sulfone groups is 1. The Kier molecular flexibility index (Phi) is 5.82. The zero-order valence-electron chi connectivity index (χ0n) is 11.2. The second-order valence-corrected chi connectivity index (χ2v) is 7.37. The van der Waals surface area contributed by atoms with E-state index in [0.29, 0.717) is 18.9 Å². The molecule has 1 aromatic carbocycles. The summed E-state index contributed by atoms with van der Waals surface area (Å²) >= 11 is 0. The van der Waals surface area contributed by atoms with Crippen LogP contribution in [0.4, 0.5) is 0 Å². The van der Waals surface area contributed by atoms with Crippen molar-refractivity contribution in [3.63, 3.8) is 0 Å². The van der Waals surface area contributed by atoms with Gasteiger partial charge in [0.05, 0.1) is 11.5 Å². The first kappa shape index (κ1) is 15.2. The van der Waals surface area contributed by atoms with Gasteiger partial charge in [-0.2, -0.15) is 0 Å². The minimum atomic E-state index is -3.02. The summed E-state index contributed by atoms with van der Waals surface area (Å²) in [5.41, 5.74) is 6.71. The lowest BCUT2D eigenvalue weighted by atomic mass is 10.0. The molecule has 0 radical (unpaired) electrons. The summed E-state index contributed by atoms with van der Waals surface area (Å²) in [6.45, 7) is 4.44. The fourth-order valence-corrected chi connectivity index (χ4v) is 3.77. The molecule has 2 N–H and O–H groups in total. The summed E-state index contributed by atoms with van der Waals surface area (Å²) in [5, 5.41) is 0. The number of rotatable bonds is 7. The Labute approximate surface area is 110 Å². The lowest BCUT2D eigenvalue weighted by Crippen LogP contribution is -2.24. The van der Waals surface area contributed by atoms with E-state index in [2.05, 4.69) is 0 Å². The Bertz CT molecular complexity index is 440. The van der Waals surface area contributed by atoms with Gasteiger partial charge in [-0.1, -0.05) is 44.2 Å². The minimum Gasteiger partial charge on any atom is -0.330 e. The van der Waals surface area contributed by atoms with Crippen LogP contribution in [0.5, 0.6) is 0 Å². The highest BCUT2D eigenvalue weighted by Gasteiger charge is 2.19. The zero-order valence-corrected chi connectivity index (χ0v) is 12.0. The highest BCUT2D eigenvalue weighted by molar-refractivity contribution is 7.91. The summed E-state index contributed by atoms with van der Waals surface area (Å²) in [5.74, 6) is 0.727. The van der Waals surface area contributed by atoms with Crippen LogP contribution in [0.1, 0.15) is 31.7 Å². The van der Waals surface area contributed by atoms with Crippen molar-refractivity contribution in [3.05, 3.63) is 35.9 Å². The molecule has 0 aliphatic carbocycles. The average molecular weight is 269 g/mol. The monoisotopic (exact) mass is 269 g/mol. The predicted octanol–water partition coefficient (Wildman–Crippen LogP) is 2.19. The van der Waals surface area contributed by atoms with E-state index in [1.807, 2.05) is 44.2 Å². The summed E-state index contributed by atoms with van der Waals surface area (Å²) in [6.07, 6.45) is 0.717. The molecule has 0 aliphatic rings. The molecule has 0 spiro atoms. The Morgan fingerprint density at radius 3 is 2.28 bits per heavy atom. The molecule has 18 heavy (non-hydrogen) atoms. The third kappa shape index (κ3) is 5.19. The first-order valence-electron chi connectivity index (χ1n) is 6.40. The van der Waals surface area contributed by atoms with Crippen molar-refractivity contribution in [1.29, 1.82) is 0 Å². The van der Waals surface area contributed by atoms with Crippen LogP contribution >= 0.6 is 0 Å². The molecule has 0 heterocycles. The van der Waals surface area contributed by atoms with Crippen molar-refractivity contribution in [3.8, 4) is 0 Å². The molecule has 1 aromatic rings.